The molecule has 236 valence electrons. The van der Waals surface area contributed by atoms with Gasteiger partial charge in [-0.2, -0.15) is 8.75 Å². The zero-order valence-electron chi connectivity index (χ0n) is 26.6. The van der Waals surface area contributed by atoms with E-state index in [1.807, 2.05) is 18.2 Å². The van der Waals surface area contributed by atoms with Crippen LogP contribution in [-0.2, 0) is 15.0 Å². The van der Waals surface area contributed by atoms with Crippen molar-refractivity contribution in [2.45, 2.75) is 19.3 Å². The average Bonchev–Trinajstić information content (AvgIpc) is 3.80. The molecule has 6 aromatic rings. The zero-order valence-corrected chi connectivity index (χ0v) is 28.2. The molecule has 2 aliphatic rings. The highest BCUT2D eigenvalue weighted by molar-refractivity contribution is 7.19. The lowest BCUT2D eigenvalue weighted by Gasteiger charge is -2.42. The molecule has 4 heterocycles. The standard InChI is InChI=1S/C38H29N5O3S2/c1-38(2)27-12-8-9-13-29(27)43(24-10-6-5-7-11-24)30-17-15-22(21-28(30)38)31-18-19-32(47-31)25-16-14-23(33-34(25)40-48-39-33)20-26-35(44)41(3)37(46)42(4)36(26)45/h5-21H,1-4H3. The number of nitrogens with zero attached hydrogens (tertiary/aromatic N) is 5. The second kappa shape index (κ2) is 11.1. The molecule has 0 bridgehead atoms. The fourth-order valence-electron chi connectivity index (χ4n) is 6.68. The lowest BCUT2D eigenvalue weighted by atomic mass is 9.73. The van der Waals surface area contributed by atoms with Crippen LogP contribution in [0.3, 0.4) is 0 Å². The minimum Gasteiger partial charge on any atom is -0.310 e. The Balaban J connectivity index is 1.18. The number of imide groups is 2. The van der Waals surface area contributed by atoms with Crippen molar-refractivity contribution in [2.75, 3.05) is 19.0 Å². The molecule has 8 nitrogen and oxygen atoms in total. The lowest BCUT2D eigenvalue weighted by Crippen LogP contribution is -2.52. The monoisotopic (exact) mass is 667 g/mol. The molecule has 0 radical (unpaired) electrons. The topological polar surface area (TPSA) is 86.7 Å². The Morgan fingerprint density at radius 3 is 2.12 bits per heavy atom. The molecule has 8 rings (SSSR count). The molecule has 2 aromatic heterocycles. The molecular formula is C38H29N5O3S2. The number of fused-ring (bicyclic) bond motifs is 3. The molecule has 0 atom stereocenters. The average molecular weight is 668 g/mol. The summed E-state index contributed by atoms with van der Waals surface area (Å²) in [4.78, 5) is 44.3. The fourth-order valence-corrected chi connectivity index (χ4v) is 8.29. The third-order valence-electron chi connectivity index (χ3n) is 9.29. The van der Waals surface area contributed by atoms with E-state index >= 15 is 0 Å². The Morgan fingerprint density at radius 2 is 1.35 bits per heavy atom. The largest absolute Gasteiger partial charge is 0.333 e. The molecule has 0 aliphatic carbocycles. The van der Waals surface area contributed by atoms with Crippen molar-refractivity contribution in [3.8, 4) is 20.9 Å². The molecule has 0 N–H and O–H groups in total. The molecule has 1 saturated heterocycles. The summed E-state index contributed by atoms with van der Waals surface area (Å²) in [5.41, 5.74) is 9.64. The van der Waals surface area contributed by atoms with Gasteiger partial charge in [0.25, 0.3) is 11.8 Å². The summed E-state index contributed by atoms with van der Waals surface area (Å²) in [6, 6.07) is 33.3. The van der Waals surface area contributed by atoms with Crippen LogP contribution in [-0.4, -0.2) is 50.5 Å². The number of hydrogen-bond donors (Lipinski definition) is 0. The van der Waals surface area contributed by atoms with Crippen molar-refractivity contribution >= 4 is 75.1 Å². The van der Waals surface area contributed by atoms with Crippen LogP contribution in [0.25, 0.3) is 38.0 Å². The molecule has 0 unspecified atom stereocenters. The van der Waals surface area contributed by atoms with Gasteiger partial charge in [-0.25, -0.2) is 4.79 Å². The Labute approximate surface area is 285 Å². The summed E-state index contributed by atoms with van der Waals surface area (Å²) in [5.74, 6) is -1.29. The number of likely N-dealkylation sites (N-methyl/N-ethyl adjacent to an activating group) is 2. The van der Waals surface area contributed by atoms with Gasteiger partial charge in [0.2, 0.25) is 0 Å². The molecule has 1 fully saturated rings. The van der Waals surface area contributed by atoms with Crippen molar-refractivity contribution in [3.05, 3.63) is 119 Å². The molecule has 10 heteroatoms. The van der Waals surface area contributed by atoms with Gasteiger partial charge in [0.1, 0.15) is 16.6 Å². The molecule has 4 aromatic carbocycles. The van der Waals surface area contributed by atoms with Crippen LogP contribution in [0.5, 0.6) is 0 Å². The predicted molar refractivity (Wildman–Crippen MR) is 192 cm³/mol. The van der Waals surface area contributed by atoms with E-state index in [4.69, 9.17) is 0 Å². The molecular weight excluding hydrogens is 639 g/mol. The summed E-state index contributed by atoms with van der Waals surface area (Å²) >= 11 is 2.76. The van der Waals surface area contributed by atoms with Gasteiger partial charge in [-0.1, -0.05) is 68.4 Å². The lowest BCUT2D eigenvalue weighted by molar-refractivity contribution is -0.134. The van der Waals surface area contributed by atoms with Crippen LogP contribution in [0.2, 0.25) is 0 Å². The summed E-state index contributed by atoms with van der Waals surface area (Å²) in [6.07, 6.45) is 1.50. The summed E-state index contributed by atoms with van der Waals surface area (Å²) in [6.45, 7) is 4.59. The van der Waals surface area contributed by atoms with Crippen LogP contribution in [0.1, 0.15) is 30.5 Å². The third-order valence-corrected chi connectivity index (χ3v) is 11.0. The molecule has 0 spiro atoms. The minimum absolute atomic E-state index is 0.0937. The predicted octanol–water partition coefficient (Wildman–Crippen LogP) is 8.63. The van der Waals surface area contributed by atoms with Crippen LogP contribution < -0.4 is 4.90 Å². The zero-order chi connectivity index (χ0) is 33.3. The highest BCUT2D eigenvalue weighted by Crippen LogP contribution is 2.53. The molecule has 48 heavy (non-hydrogen) atoms. The van der Waals surface area contributed by atoms with E-state index in [2.05, 4.69) is 106 Å². The molecule has 4 amide bonds. The minimum atomic E-state index is -0.660. The number of urea groups is 1. The first kappa shape index (κ1) is 29.9. The highest BCUT2D eigenvalue weighted by atomic mass is 32.1. The van der Waals surface area contributed by atoms with Gasteiger partial charge in [-0.15, -0.1) is 11.3 Å². The summed E-state index contributed by atoms with van der Waals surface area (Å²) in [5, 5.41) is 0. The second-order valence-electron chi connectivity index (χ2n) is 12.4. The first-order valence-corrected chi connectivity index (χ1v) is 17.0. The number of carbonyl (C=O) groups excluding carboxylic acids is 3. The Bertz CT molecular complexity index is 2310. The summed E-state index contributed by atoms with van der Waals surface area (Å²) in [7, 11) is 2.72. The number of barbiturate groups is 1. The van der Waals surface area contributed by atoms with Crippen LogP contribution in [0.15, 0.2) is 103 Å². The Kier molecular flexibility index (Phi) is 6.90. The number of carbonyl (C=O) groups is 3. The normalized spacial score (nSPS) is 15.6. The quantitative estimate of drug-likeness (QED) is 0.138. The maximum absolute atomic E-state index is 12.8. The third kappa shape index (κ3) is 4.51. The van der Waals surface area contributed by atoms with Gasteiger partial charge in [0, 0.05) is 46.1 Å². The van der Waals surface area contributed by atoms with Gasteiger partial charge < -0.3 is 4.90 Å². The van der Waals surface area contributed by atoms with Gasteiger partial charge in [-0.05, 0) is 65.2 Å². The number of amides is 4. The Morgan fingerprint density at radius 1 is 0.688 bits per heavy atom. The summed E-state index contributed by atoms with van der Waals surface area (Å²) < 4.78 is 9.13. The van der Waals surface area contributed by atoms with E-state index in [-0.39, 0.29) is 11.0 Å². The van der Waals surface area contributed by atoms with Crippen molar-refractivity contribution in [1.29, 1.82) is 0 Å². The number of aromatic nitrogens is 2. The SMILES string of the molecule is CN1C(=O)C(=Cc2ccc(-c3ccc(-c4ccc5c(c4)C(C)(C)c4ccccc4N5c4ccccc4)s3)c3nsnc23)C(=O)N(C)C1=O. The van der Waals surface area contributed by atoms with E-state index in [1.165, 1.54) is 42.7 Å². The van der Waals surface area contributed by atoms with Crippen molar-refractivity contribution in [3.63, 3.8) is 0 Å². The smallest absolute Gasteiger partial charge is 0.310 e. The first-order valence-electron chi connectivity index (χ1n) is 15.4. The van der Waals surface area contributed by atoms with E-state index in [0.717, 1.165) is 48.1 Å². The number of anilines is 3. The number of hydrogen-bond acceptors (Lipinski definition) is 8. The van der Waals surface area contributed by atoms with Crippen molar-refractivity contribution < 1.29 is 14.4 Å². The van der Waals surface area contributed by atoms with E-state index in [1.54, 1.807) is 11.3 Å². The van der Waals surface area contributed by atoms with E-state index in [9.17, 15) is 14.4 Å². The van der Waals surface area contributed by atoms with Gasteiger partial charge in [0.15, 0.2) is 0 Å². The maximum Gasteiger partial charge on any atom is 0.333 e. The highest BCUT2D eigenvalue weighted by Gasteiger charge is 2.39. The number of thiophene rings is 1. The van der Waals surface area contributed by atoms with Crippen molar-refractivity contribution in [1.82, 2.24) is 18.5 Å². The number of benzene rings is 4. The number of rotatable bonds is 4. The fraction of sp³-hybridized carbons (Fsp3) is 0.132. The first-order chi connectivity index (χ1) is 23.1. The van der Waals surface area contributed by atoms with Crippen LogP contribution in [0, 0.1) is 0 Å². The van der Waals surface area contributed by atoms with Crippen LogP contribution in [0.4, 0.5) is 21.9 Å². The van der Waals surface area contributed by atoms with E-state index < -0.39 is 17.8 Å². The molecule has 0 saturated carbocycles. The van der Waals surface area contributed by atoms with Crippen LogP contribution >= 0.6 is 23.1 Å². The van der Waals surface area contributed by atoms with Gasteiger partial charge >= 0.3 is 6.03 Å². The van der Waals surface area contributed by atoms with Crippen molar-refractivity contribution in [2.24, 2.45) is 0 Å². The Hall–Kier alpha value is -5.45. The van der Waals surface area contributed by atoms with Gasteiger partial charge in [-0.3, -0.25) is 19.4 Å². The molecule has 2 aliphatic heterocycles. The van der Waals surface area contributed by atoms with E-state index in [0.29, 0.717) is 16.6 Å². The number of para-hydroxylation sites is 2. The maximum atomic E-state index is 12.8. The van der Waals surface area contributed by atoms with Gasteiger partial charge in [0.05, 0.1) is 23.1 Å². The second-order valence-corrected chi connectivity index (χ2v) is 14.1.